The summed E-state index contributed by atoms with van der Waals surface area (Å²) in [6.45, 7) is 15.1. The maximum absolute atomic E-state index is 13.5. The van der Waals surface area contributed by atoms with Gasteiger partial charge in [0, 0.05) is 92.4 Å². The summed E-state index contributed by atoms with van der Waals surface area (Å²) in [5.74, 6) is 1.21. The molecule has 2 aromatic carbocycles. The highest BCUT2D eigenvalue weighted by molar-refractivity contribution is 6.08. The predicted molar refractivity (Wildman–Crippen MR) is 245 cm³/mol. The third-order valence-corrected chi connectivity index (χ3v) is 12.3. The molecular weight excluding hydrogens is 763 g/mol. The Labute approximate surface area is 363 Å². The Morgan fingerprint density at radius 2 is 1.64 bits per heavy atom. The standard InChI is InChI=1S/C50H67N7O4/c1-6-24-57(25-7-2)49(61)40-27-38-18-19-39(29-44(38)55-46(51)30-40)48(60)54-42-28-41-33-56(26-21-43(41)53-31-42)32-35-12-16-37(17-13-35)47(59)52-23-8-9-45(58)36-14-10-34(11-15-36)20-22-50(3,4)5/h12-13,16-19,27-29,31,34,36H,6-11,14-15,20-26,30,32-33H2,1-5H3,(H2,51,55)(H,52,59)(H,54,60). The molecule has 4 N–H and O–H groups in total. The number of carbonyl (C=O) groups is 4. The predicted octanol–water partition coefficient (Wildman–Crippen LogP) is 9.03. The summed E-state index contributed by atoms with van der Waals surface area (Å²) in [7, 11) is 0. The first-order chi connectivity index (χ1) is 29.3. The van der Waals surface area contributed by atoms with Crippen LogP contribution in [-0.2, 0) is 29.1 Å². The number of pyridine rings is 1. The van der Waals surface area contributed by atoms with Crippen LogP contribution >= 0.6 is 0 Å². The van der Waals surface area contributed by atoms with Gasteiger partial charge in [-0.2, -0.15) is 0 Å². The van der Waals surface area contributed by atoms with Crippen molar-refractivity contribution in [1.82, 2.24) is 20.1 Å². The number of nitrogens with two attached hydrogens (primary N) is 1. The van der Waals surface area contributed by atoms with E-state index in [1.165, 1.54) is 12.8 Å². The Hall–Kier alpha value is -5.16. The van der Waals surface area contributed by atoms with Gasteiger partial charge >= 0.3 is 0 Å². The zero-order chi connectivity index (χ0) is 43.5. The maximum atomic E-state index is 13.5. The molecule has 0 unspecified atom stereocenters. The van der Waals surface area contributed by atoms with Crippen LogP contribution in [0.4, 0.5) is 11.4 Å². The van der Waals surface area contributed by atoms with Gasteiger partial charge in [0.05, 0.1) is 17.6 Å². The molecule has 0 spiro atoms. The highest BCUT2D eigenvalue weighted by atomic mass is 16.2. The van der Waals surface area contributed by atoms with Crippen molar-refractivity contribution >= 4 is 46.8 Å². The third kappa shape index (κ3) is 12.9. The van der Waals surface area contributed by atoms with Gasteiger partial charge in [-0.15, -0.1) is 0 Å². The molecule has 61 heavy (non-hydrogen) atoms. The van der Waals surface area contributed by atoms with Gasteiger partial charge in [0.15, 0.2) is 0 Å². The van der Waals surface area contributed by atoms with Gasteiger partial charge in [0.2, 0.25) is 5.91 Å². The average molecular weight is 830 g/mol. The van der Waals surface area contributed by atoms with E-state index >= 15 is 0 Å². The number of Topliss-reactive ketones (excluding diaryl/α,β-unsaturated/α-hetero) is 1. The molecule has 11 heteroatoms. The fraction of sp³-hybridized carbons (Fsp3) is 0.520. The lowest BCUT2D eigenvalue weighted by molar-refractivity contribution is -0.127. The van der Waals surface area contributed by atoms with Crippen molar-refractivity contribution in [2.75, 3.05) is 31.5 Å². The summed E-state index contributed by atoms with van der Waals surface area (Å²) >= 11 is 0. The van der Waals surface area contributed by atoms with Gasteiger partial charge in [-0.3, -0.25) is 29.1 Å². The number of anilines is 1. The first kappa shape index (κ1) is 45.4. The van der Waals surface area contributed by atoms with E-state index in [2.05, 4.69) is 60.1 Å². The Morgan fingerprint density at radius 3 is 2.34 bits per heavy atom. The van der Waals surface area contributed by atoms with Crippen LogP contribution in [0.3, 0.4) is 0 Å². The normalized spacial score (nSPS) is 17.9. The summed E-state index contributed by atoms with van der Waals surface area (Å²) in [5, 5.41) is 6.02. The second-order valence-electron chi connectivity index (χ2n) is 18.6. The van der Waals surface area contributed by atoms with E-state index in [0.717, 1.165) is 79.8 Å². The zero-order valence-electron chi connectivity index (χ0n) is 37.2. The van der Waals surface area contributed by atoms with E-state index in [9.17, 15) is 19.2 Å². The third-order valence-electron chi connectivity index (χ3n) is 12.3. The first-order valence-corrected chi connectivity index (χ1v) is 22.7. The topological polar surface area (TPSA) is 150 Å². The van der Waals surface area contributed by atoms with Crippen LogP contribution in [0.25, 0.3) is 6.08 Å². The van der Waals surface area contributed by atoms with Crippen molar-refractivity contribution in [3.63, 3.8) is 0 Å². The van der Waals surface area contributed by atoms with E-state index in [1.54, 1.807) is 18.3 Å². The summed E-state index contributed by atoms with van der Waals surface area (Å²) < 4.78 is 0. The fourth-order valence-corrected chi connectivity index (χ4v) is 8.82. The van der Waals surface area contributed by atoms with Gasteiger partial charge in [-0.05, 0) is 117 Å². The number of hydrogen-bond acceptors (Lipinski definition) is 8. The molecule has 0 radical (unpaired) electrons. The molecule has 1 fully saturated rings. The SMILES string of the molecule is CCCN(CCC)C(=O)C1=Cc2ccc(C(=O)Nc3cnc4c(c3)CN(Cc3ccc(C(=O)NCCCC(=O)C5CCC(CCC(C)(C)C)CC5)cc3)CC4)cc2N=C(N)C1. The van der Waals surface area contributed by atoms with Gasteiger partial charge in [-0.1, -0.05) is 52.8 Å². The highest BCUT2D eigenvalue weighted by Crippen LogP contribution is 2.35. The molecule has 1 aliphatic carbocycles. The molecule has 11 nitrogen and oxygen atoms in total. The summed E-state index contributed by atoms with van der Waals surface area (Å²) in [4.78, 5) is 66.1. The average Bonchev–Trinajstić information content (AvgIpc) is 3.41. The molecule has 1 aromatic heterocycles. The van der Waals surface area contributed by atoms with Gasteiger partial charge < -0.3 is 21.3 Å². The van der Waals surface area contributed by atoms with Crippen molar-refractivity contribution < 1.29 is 19.2 Å². The monoisotopic (exact) mass is 830 g/mol. The molecule has 3 aromatic rings. The number of rotatable bonds is 17. The molecule has 326 valence electrons. The number of nitrogens with zero attached hydrogens (tertiary/aromatic N) is 4. The van der Waals surface area contributed by atoms with Gasteiger partial charge in [0.25, 0.3) is 11.8 Å². The molecular formula is C50H67N7O4. The molecule has 3 heterocycles. The zero-order valence-corrected chi connectivity index (χ0v) is 37.2. The number of nitrogens with one attached hydrogen (secondary N) is 2. The van der Waals surface area contributed by atoms with Crippen LogP contribution < -0.4 is 16.4 Å². The second-order valence-corrected chi connectivity index (χ2v) is 18.6. The molecule has 2 aliphatic heterocycles. The van der Waals surface area contributed by atoms with Crippen molar-refractivity contribution in [3.8, 4) is 0 Å². The quantitative estimate of drug-likeness (QED) is 0.115. The Morgan fingerprint density at radius 1 is 0.918 bits per heavy atom. The molecule has 0 saturated heterocycles. The van der Waals surface area contributed by atoms with E-state index < -0.39 is 0 Å². The Balaban J connectivity index is 0.961. The lowest BCUT2D eigenvalue weighted by atomic mass is 9.75. The van der Waals surface area contributed by atoms with Gasteiger partial charge in [-0.25, -0.2) is 4.99 Å². The van der Waals surface area contributed by atoms with Crippen LogP contribution in [-0.4, -0.2) is 70.3 Å². The summed E-state index contributed by atoms with van der Waals surface area (Å²) in [6.07, 6.45) is 14.4. The summed E-state index contributed by atoms with van der Waals surface area (Å²) in [6, 6.07) is 15.0. The minimum atomic E-state index is -0.287. The van der Waals surface area contributed by atoms with E-state index in [4.69, 9.17) is 5.73 Å². The molecule has 0 bridgehead atoms. The van der Waals surface area contributed by atoms with Gasteiger partial charge in [0.1, 0.15) is 11.6 Å². The smallest absolute Gasteiger partial charge is 0.255 e. The van der Waals surface area contributed by atoms with Crippen molar-refractivity contribution in [2.24, 2.45) is 28.0 Å². The Kier molecular flexibility index (Phi) is 15.7. The van der Waals surface area contributed by atoms with Crippen LogP contribution in [0.15, 0.2) is 65.3 Å². The number of hydrogen-bond donors (Lipinski definition) is 3. The highest BCUT2D eigenvalue weighted by Gasteiger charge is 2.27. The number of amidine groups is 1. The Bertz CT molecular complexity index is 2090. The number of fused-ring (bicyclic) bond motifs is 2. The molecule has 1 saturated carbocycles. The van der Waals surface area contributed by atoms with Crippen LogP contribution in [0, 0.1) is 17.3 Å². The van der Waals surface area contributed by atoms with E-state index in [1.807, 2.05) is 47.4 Å². The lowest BCUT2D eigenvalue weighted by Gasteiger charge is -2.29. The second kappa shape index (κ2) is 21.1. The van der Waals surface area contributed by atoms with Crippen LogP contribution in [0.2, 0.25) is 0 Å². The number of ketones is 1. The van der Waals surface area contributed by atoms with Crippen molar-refractivity contribution in [1.29, 1.82) is 0 Å². The van der Waals surface area contributed by atoms with Crippen LogP contribution in [0.5, 0.6) is 0 Å². The minimum absolute atomic E-state index is 0.0288. The van der Waals surface area contributed by atoms with E-state index in [-0.39, 0.29) is 30.1 Å². The number of aromatic nitrogens is 1. The molecule has 3 aliphatic rings. The van der Waals surface area contributed by atoms with E-state index in [0.29, 0.717) is 90.7 Å². The van der Waals surface area contributed by atoms with Crippen molar-refractivity contribution in [2.45, 2.75) is 125 Å². The summed E-state index contributed by atoms with van der Waals surface area (Å²) in [5.41, 5.74) is 13.4. The number of benzene rings is 2. The number of carbonyl (C=O) groups excluding carboxylic acids is 4. The first-order valence-electron chi connectivity index (χ1n) is 22.7. The minimum Gasteiger partial charge on any atom is -0.387 e. The molecule has 0 atom stereocenters. The fourth-order valence-electron chi connectivity index (χ4n) is 8.82. The molecule has 3 amide bonds. The van der Waals surface area contributed by atoms with Crippen LogP contribution in [0.1, 0.15) is 148 Å². The van der Waals surface area contributed by atoms with Crippen molar-refractivity contribution in [3.05, 3.63) is 93.8 Å². The number of amides is 3. The molecule has 6 rings (SSSR count). The largest absolute Gasteiger partial charge is 0.387 e. The number of aliphatic imine (C=N–C) groups is 1. The lowest BCUT2D eigenvalue weighted by Crippen LogP contribution is -2.34. The maximum Gasteiger partial charge on any atom is 0.255 e.